The van der Waals surface area contributed by atoms with Crippen LogP contribution in [0.15, 0.2) is 42.9 Å². The summed E-state index contributed by atoms with van der Waals surface area (Å²) in [5, 5.41) is 25.7. The molecule has 15 heteroatoms. The van der Waals surface area contributed by atoms with Gasteiger partial charge in [-0.25, -0.2) is 9.78 Å². The maximum Gasteiger partial charge on any atom is 0.326 e. The number of carbonyl (C=O) groups excluding carboxylic acids is 4. The minimum atomic E-state index is -1.51. The van der Waals surface area contributed by atoms with Gasteiger partial charge in [0.15, 0.2) is 0 Å². The molecule has 1 aromatic carbocycles. The molecule has 2 aromatic rings. The SMILES string of the molecule is NC(=O)CCC(N)C(=O)NC(Cc1cnc[nH]1)C(=O)NC(Cc1ccccc1)C(=O)NC(CCC(=O)O)C(=O)O. The predicted molar refractivity (Wildman–Crippen MR) is 139 cm³/mol. The largest absolute Gasteiger partial charge is 0.481 e. The van der Waals surface area contributed by atoms with Crippen LogP contribution in [-0.2, 0) is 41.6 Å². The van der Waals surface area contributed by atoms with Gasteiger partial charge < -0.3 is 42.6 Å². The molecule has 10 N–H and O–H groups in total. The Kier molecular flexibility index (Phi) is 12.2. The molecule has 4 atom stereocenters. The summed E-state index contributed by atoms with van der Waals surface area (Å²) in [6.45, 7) is 0. The summed E-state index contributed by atoms with van der Waals surface area (Å²) in [5.74, 6) is -5.69. The van der Waals surface area contributed by atoms with E-state index in [0.29, 0.717) is 11.3 Å². The van der Waals surface area contributed by atoms with Crippen LogP contribution >= 0.6 is 0 Å². The standard InChI is InChI=1S/C25H33N7O8/c26-16(6-8-20(27)33)22(36)31-19(11-15-12-28-13-29-15)24(38)32-18(10-14-4-2-1-3-5-14)23(37)30-17(25(39)40)7-9-21(34)35/h1-5,12-13,16-19H,6-11,26H2,(H2,27,33)(H,28,29)(H,30,37)(H,31,36)(H,32,38)(H,34,35)(H,39,40). The molecule has 4 unspecified atom stereocenters. The molecule has 0 bridgehead atoms. The number of hydrogen-bond acceptors (Lipinski definition) is 8. The third-order valence-corrected chi connectivity index (χ3v) is 5.83. The Morgan fingerprint density at radius 3 is 1.98 bits per heavy atom. The first-order chi connectivity index (χ1) is 19.0. The molecule has 0 spiro atoms. The summed E-state index contributed by atoms with van der Waals surface area (Å²) in [5.41, 5.74) is 12.1. The van der Waals surface area contributed by atoms with Gasteiger partial charge in [0.05, 0.1) is 12.4 Å². The van der Waals surface area contributed by atoms with E-state index in [1.807, 2.05) is 0 Å². The van der Waals surface area contributed by atoms with E-state index in [1.165, 1.54) is 12.5 Å². The van der Waals surface area contributed by atoms with E-state index in [2.05, 4.69) is 25.9 Å². The number of rotatable bonds is 17. The fraction of sp³-hybridized carbons (Fsp3) is 0.400. The van der Waals surface area contributed by atoms with Gasteiger partial charge in [0.25, 0.3) is 0 Å². The lowest BCUT2D eigenvalue weighted by Gasteiger charge is -2.25. The Labute approximate surface area is 229 Å². The molecule has 4 amide bonds. The van der Waals surface area contributed by atoms with E-state index in [0.717, 1.165) is 0 Å². The van der Waals surface area contributed by atoms with Gasteiger partial charge in [0.1, 0.15) is 18.1 Å². The van der Waals surface area contributed by atoms with Gasteiger partial charge in [-0.1, -0.05) is 30.3 Å². The first-order valence-corrected chi connectivity index (χ1v) is 12.4. The molecule has 1 aromatic heterocycles. The molecule has 216 valence electrons. The number of primary amides is 1. The van der Waals surface area contributed by atoms with E-state index >= 15 is 0 Å². The van der Waals surface area contributed by atoms with E-state index in [-0.39, 0.29) is 32.1 Å². The third-order valence-electron chi connectivity index (χ3n) is 5.83. The number of nitrogens with one attached hydrogen (secondary N) is 4. The number of carbonyl (C=O) groups is 6. The Morgan fingerprint density at radius 1 is 0.825 bits per heavy atom. The zero-order valence-corrected chi connectivity index (χ0v) is 21.5. The number of imidazole rings is 1. The highest BCUT2D eigenvalue weighted by atomic mass is 16.4. The van der Waals surface area contributed by atoms with Crippen LogP contribution in [0.4, 0.5) is 0 Å². The van der Waals surface area contributed by atoms with Crippen LogP contribution < -0.4 is 27.4 Å². The number of nitrogens with two attached hydrogens (primary N) is 2. The number of hydrogen-bond donors (Lipinski definition) is 8. The summed E-state index contributed by atoms with van der Waals surface area (Å²) >= 11 is 0. The zero-order valence-electron chi connectivity index (χ0n) is 21.5. The van der Waals surface area contributed by atoms with Gasteiger partial charge >= 0.3 is 11.9 Å². The van der Waals surface area contributed by atoms with Gasteiger partial charge in [-0.2, -0.15) is 0 Å². The fourth-order valence-electron chi connectivity index (χ4n) is 3.66. The molecule has 0 aliphatic heterocycles. The summed E-state index contributed by atoms with van der Waals surface area (Å²) in [7, 11) is 0. The van der Waals surface area contributed by atoms with Crippen molar-refractivity contribution in [2.45, 2.75) is 62.7 Å². The number of carboxylic acids is 2. The second-order valence-electron chi connectivity index (χ2n) is 9.04. The lowest BCUT2D eigenvalue weighted by atomic mass is 10.0. The molecule has 0 saturated carbocycles. The summed E-state index contributed by atoms with van der Waals surface area (Å²) in [6.07, 6.45) is 1.66. The number of aromatic nitrogens is 2. The van der Waals surface area contributed by atoms with Crippen molar-refractivity contribution in [2.24, 2.45) is 11.5 Å². The van der Waals surface area contributed by atoms with Crippen LogP contribution in [0.2, 0.25) is 0 Å². The summed E-state index contributed by atoms with van der Waals surface area (Å²) in [4.78, 5) is 79.5. The van der Waals surface area contributed by atoms with E-state index in [4.69, 9.17) is 16.6 Å². The Morgan fingerprint density at radius 2 is 1.43 bits per heavy atom. The van der Waals surface area contributed by atoms with Crippen LogP contribution in [0.5, 0.6) is 0 Å². The average molecular weight is 560 g/mol. The van der Waals surface area contributed by atoms with Crippen molar-refractivity contribution in [2.75, 3.05) is 0 Å². The van der Waals surface area contributed by atoms with Gasteiger partial charge in [-0.3, -0.25) is 24.0 Å². The molecule has 1 heterocycles. The monoisotopic (exact) mass is 559 g/mol. The normalized spacial score (nSPS) is 13.7. The van der Waals surface area contributed by atoms with Crippen molar-refractivity contribution in [3.05, 3.63) is 54.1 Å². The molecular formula is C25H33N7O8. The first kappa shape index (κ1) is 31.4. The second kappa shape index (κ2) is 15.6. The van der Waals surface area contributed by atoms with E-state index < -0.39 is 66.2 Å². The van der Waals surface area contributed by atoms with Crippen LogP contribution in [-0.4, -0.2) is 79.9 Å². The number of benzene rings is 1. The van der Waals surface area contributed by atoms with E-state index in [9.17, 15) is 33.9 Å². The predicted octanol–water partition coefficient (Wildman–Crippen LogP) is -1.81. The second-order valence-corrected chi connectivity index (χ2v) is 9.04. The van der Waals surface area contributed by atoms with Gasteiger partial charge in [0, 0.05) is 37.6 Å². The highest BCUT2D eigenvalue weighted by Gasteiger charge is 2.31. The minimum absolute atomic E-state index is 0.0352. The molecule has 2 rings (SSSR count). The van der Waals surface area contributed by atoms with Crippen LogP contribution in [0, 0.1) is 0 Å². The smallest absolute Gasteiger partial charge is 0.326 e. The number of amides is 4. The lowest BCUT2D eigenvalue weighted by molar-refractivity contribution is -0.143. The maximum atomic E-state index is 13.4. The van der Waals surface area contributed by atoms with Crippen molar-refractivity contribution < 1.29 is 39.0 Å². The Bertz CT molecular complexity index is 1170. The molecule has 0 radical (unpaired) electrons. The fourth-order valence-corrected chi connectivity index (χ4v) is 3.66. The van der Waals surface area contributed by atoms with Crippen molar-refractivity contribution >= 4 is 35.6 Å². The van der Waals surface area contributed by atoms with Gasteiger partial charge in [0.2, 0.25) is 23.6 Å². The molecular weight excluding hydrogens is 526 g/mol. The summed E-state index contributed by atoms with van der Waals surface area (Å²) < 4.78 is 0. The molecule has 40 heavy (non-hydrogen) atoms. The number of aliphatic carboxylic acids is 2. The first-order valence-electron chi connectivity index (χ1n) is 12.4. The van der Waals surface area contributed by atoms with Gasteiger partial charge in [-0.15, -0.1) is 0 Å². The number of aromatic amines is 1. The Balaban J connectivity index is 2.25. The molecule has 0 aliphatic rings. The lowest BCUT2D eigenvalue weighted by Crippen LogP contribution is -2.58. The van der Waals surface area contributed by atoms with Crippen LogP contribution in [0.25, 0.3) is 0 Å². The molecule has 0 aliphatic carbocycles. The van der Waals surface area contributed by atoms with E-state index in [1.54, 1.807) is 30.3 Å². The molecule has 0 saturated heterocycles. The van der Waals surface area contributed by atoms with Crippen molar-refractivity contribution in [1.82, 2.24) is 25.9 Å². The summed E-state index contributed by atoms with van der Waals surface area (Å²) in [6, 6.07) is 3.41. The third kappa shape index (κ3) is 10.9. The van der Waals surface area contributed by atoms with Crippen molar-refractivity contribution in [3.8, 4) is 0 Å². The van der Waals surface area contributed by atoms with Crippen LogP contribution in [0.1, 0.15) is 36.9 Å². The minimum Gasteiger partial charge on any atom is -0.481 e. The number of H-pyrrole nitrogens is 1. The van der Waals surface area contributed by atoms with Crippen LogP contribution in [0.3, 0.4) is 0 Å². The number of nitrogens with zero attached hydrogens (tertiary/aromatic N) is 1. The number of carboxylic acid groups (broad SMARTS) is 2. The Hall–Kier alpha value is -4.79. The topological polar surface area (TPSA) is 260 Å². The zero-order chi connectivity index (χ0) is 29.7. The molecule has 15 nitrogen and oxygen atoms in total. The van der Waals surface area contributed by atoms with Gasteiger partial charge in [-0.05, 0) is 18.4 Å². The molecule has 0 fully saturated rings. The van der Waals surface area contributed by atoms with Crippen molar-refractivity contribution in [3.63, 3.8) is 0 Å². The quantitative estimate of drug-likeness (QED) is 0.108. The van der Waals surface area contributed by atoms with Crippen molar-refractivity contribution in [1.29, 1.82) is 0 Å². The maximum absolute atomic E-state index is 13.4. The highest BCUT2D eigenvalue weighted by Crippen LogP contribution is 2.08. The average Bonchev–Trinajstić information content (AvgIpc) is 3.42. The highest BCUT2D eigenvalue weighted by molar-refractivity contribution is 5.94.